The van der Waals surface area contributed by atoms with Crippen LogP contribution in [0.25, 0.3) is 22.0 Å². The Bertz CT molecular complexity index is 970. The first-order valence-electron chi connectivity index (χ1n) is 8.50. The predicted octanol–water partition coefficient (Wildman–Crippen LogP) is 3.06. The van der Waals surface area contributed by atoms with E-state index in [-0.39, 0.29) is 19.1 Å². The second-order valence-corrected chi connectivity index (χ2v) is 7.23. The second kappa shape index (κ2) is 6.43. The normalized spacial score (nSPS) is 20.0. The summed E-state index contributed by atoms with van der Waals surface area (Å²) in [6.07, 6.45) is 0.363. The van der Waals surface area contributed by atoms with Gasteiger partial charge in [0.1, 0.15) is 11.3 Å². The maximum absolute atomic E-state index is 13.2. The molecular weight excluding hydrogens is 352 g/mol. The van der Waals surface area contributed by atoms with Gasteiger partial charge in [-0.05, 0) is 30.2 Å². The van der Waals surface area contributed by atoms with Crippen LogP contribution in [-0.4, -0.2) is 51.3 Å². The Labute approximate surface area is 155 Å². The molecule has 1 atom stereocenters. The number of amides is 1. The molecular formula is C20H19ClN2O3. The number of β-amino-alcohol motifs (C(OH)–C–C–N with tert-alkyl or cyclic N) is 1. The number of carbonyl (C=O) groups is 1. The lowest BCUT2D eigenvalue weighted by Crippen LogP contribution is -2.39. The molecule has 1 aliphatic rings. The largest absolute Gasteiger partial charge is 0.393 e. The SMILES string of the molecule is O=C(c1[nH]c2ccc(Cl)cc2c1-c1ccccc1)N1CCC(O)(CO)C1. The van der Waals surface area contributed by atoms with Crippen molar-refractivity contribution in [3.05, 3.63) is 59.2 Å². The summed E-state index contributed by atoms with van der Waals surface area (Å²) in [6.45, 7) is 0.164. The average molecular weight is 371 g/mol. The van der Waals surface area contributed by atoms with Gasteiger partial charge >= 0.3 is 0 Å². The number of aliphatic hydroxyl groups is 2. The van der Waals surface area contributed by atoms with E-state index in [1.165, 1.54) is 0 Å². The van der Waals surface area contributed by atoms with Gasteiger partial charge in [0.15, 0.2) is 0 Å². The Morgan fingerprint density at radius 2 is 2.00 bits per heavy atom. The number of rotatable bonds is 3. The highest BCUT2D eigenvalue weighted by Crippen LogP contribution is 2.35. The van der Waals surface area contributed by atoms with Gasteiger partial charge in [-0.2, -0.15) is 0 Å². The highest BCUT2D eigenvalue weighted by Gasteiger charge is 2.39. The number of aromatic amines is 1. The first-order valence-corrected chi connectivity index (χ1v) is 8.88. The Balaban J connectivity index is 1.84. The van der Waals surface area contributed by atoms with E-state index in [2.05, 4.69) is 4.98 Å². The molecule has 134 valence electrons. The number of benzene rings is 2. The lowest BCUT2D eigenvalue weighted by atomic mass is 10.0. The number of aromatic nitrogens is 1. The fraction of sp³-hybridized carbons (Fsp3) is 0.250. The van der Waals surface area contributed by atoms with E-state index < -0.39 is 5.60 Å². The zero-order valence-corrected chi connectivity index (χ0v) is 14.8. The van der Waals surface area contributed by atoms with Crippen LogP contribution in [0, 0.1) is 0 Å². The first-order chi connectivity index (χ1) is 12.5. The van der Waals surface area contributed by atoms with Crippen molar-refractivity contribution in [2.24, 2.45) is 0 Å². The van der Waals surface area contributed by atoms with Crippen molar-refractivity contribution < 1.29 is 15.0 Å². The number of nitrogens with one attached hydrogen (secondary N) is 1. The van der Waals surface area contributed by atoms with E-state index in [0.29, 0.717) is 23.7 Å². The predicted molar refractivity (Wildman–Crippen MR) is 101 cm³/mol. The van der Waals surface area contributed by atoms with Crippen LogP contribution in [0.1, 0.15) is 16.9 Å². The number of halogens is 1. The van der Waals surface area contributed by atoms with Gasteiger partial charge in [-0.1, -0.05) is 41.9 Å². The molecule has 0 spiro atoms. The summed E-state index contributed by atoms with van der Waals surface area (Å²) in [5.74, 6) is -0.194. The fourth-order valence-corrected chi connectivity index (χ4v) is 3.72. The van der Waals surface area contributed by atoms with Crippen molar-refractivity contribution in [3.63, 3.8) is 0 Å². The minimum Gasteiger partial charge on any atom is -0.393 e. The molecule has 1 fully saturated rings. The van der Waals surface area contributed by atoms with E-state index in [0.717, 1.165) is 22.0 Å². The number of hydrogen-bond acceptors (Lipinski definition) is 3. The quantitative estimate of drug-likeness (QED) is 0.663. The first kappa shape index (κ1) is 17.1. The molecule has 2 aromatic carbocycles. The molecule has 3 aromatic rings. The molecule has 1 saturated heterocycles. The van der Waals surface area contributed by atoms with Gasteiger partial charge in [-0.15, -0.1) is 0 Å². The molecule has 4 rings (SSSR count). The summed E-state index contributed by atoms with van der Waals surface area (Å²) in [5.41, 5.74) is 1.79. The van der Waals surface area contributed by atoms with Crippen LogP contribution < -0.4 is 0 Å². The average Bonchev–Trinajstić information content (AvgIpc) is 3.23. The summed E-state index contributed by atoms with van der Waals surface area (Å²) in [5, 5.41) is 21.1. The summed E-state index contributed by atoms with van der Waals surface area (Å²) < 4.78 is 0. The Morgan fingerprint density at radius 1 is 1.23 bits per heavy atom. The third kappa shape index (κ3) is 2.88. The minimum absolute atomic E-state index is 0.118. The number of hydrogen-bond donors (Lipinski definition) is 3. The molecule has 0 aliphatic carbocycles. The van der Waals surface area contributed by atoms with Gasteiger partial charge in [0.05, 0.1) is 13.2 Å². The van der Waals surface area contributed by atoms with Crippen LogP contribution in [0.2, 0.25) is 5.02 Å². The molecule has 0 radical (unpaired) electrons. The molecule has 5 nitrogen and oxygen atoms in total. The van der Waals surface area contributed by atoms with Gasteiger partial charge in [0, 0.05) is 28.0 Å². The number of H-pyrrole nitrogens is 1. The van der Waals surface area contributed by atoms with Crippen LogP contribution in [-0.2, 0) is 0 Å². The second-order valence-electron chi connectivity index (χ2n) is 6.79. The number of fused-ring (bicyclic) bond motifs is 1. The summed E-state index contributed by atoms with van der Waals surface area (Å²) in [6, 6.07) is 15.2. The number of aliphatic hydroxyl groups excluding tert-OH is 1. The van der Waals surface area contributed by atoms with E-state index in [1.807, 2.05) is 42.5 Å². The molecule has 2 heterocycles. The number of carbonyl (C=O) groups excluding carboxylic acids is 1. The van der Waals surface area contributed by atoms with Crippen LogP contribution in [0.4, 0.5) is 0 Å². The highest BCUT2D eigenvalue weighted by molar-refractivity contribution is 6.31. The van der Waals surface area contributed by atoms with E-state index in [1.54, 1.807) is 11.0 Å². The van der Waals surface area contributed by atoms with Gasteiger partial charge in [-0.25, -0.2) is 0 Å². The third-order valence-corrected chi connectivity index (χ3v) is 5.19. The van der Waals surface area contributed by atoms with Crippen molar-refractivity contribution in [1.82, 2.24) is 9.88 Å². The molecule has 1 unspecified atom stereocenters. The summed E-state index contributed by atoms with van der Waals surface area (Å²) >= 11 is 6.18. The molecule has 1 aliphatic heterocycles. The zero-order valence-electron chi connectivity index (χ0n) is 14.1. The Kier molecular flexibility index (Phi) is 4.23. The van der Waals surface area contributed by atoms with Crippen LogP contribution in [0.3, 0.4) is 0 Å². The van der Waals surface area contributed by atoms with E-state index in [4.69, 9.17) is 11.6 Å². The Morgan fingerprint density at radius 3 is 2.69 bits per heavy atom. The number of likely N-dealkylation sites (tertiary alicyclic amines) is 1. The number of nitrogens with zero attached hydrogens (tertiary/aromatic N) is 1. The van der Waals surface area contributed by atoms with Crippen molar-refractivity contribution in [2.45, 2.75) is 12.0 Å². The maximum atomic E-state index is 13.2. The standard InChI is InChI=1S/C20H19ClN2O3/c21-14-6-7-16-15(10-14)17(13-4-2-1-3-5-13)18(22-16)19(25)23-9-8-20(26,11-23)12-24/h1-7,10,22,24,26H,8-9,11-12H2. The monoisotopic (exact) mass is 370 g/mol. The molecule has 26 heavy (non-hydrogen) atoms. The van der Waals surface area contributed by atoms with Crippen molar-refractivity contribution >= 4 is 28.4 Å². The minimum atomic E-state index is -1.22. The summed E-state index contributed by atoms with van der Waals surface area (Å²) in [7, 11) is 0. The lowest BCUT2D eigenvalue weighted by molar-refractivity contribution is -0.00458. The van der Waals surface area contributed by atoms with Crippen LogP contribution >= 0.6 is 11.6 Å². The third-order valence-electron chi connectivity index (χ3n) is 4.95. The maximum Gasteiger partial charge on any atom is 0.271 e. The molecule has 0 bridgehead atoms. The molecule has 0 saturated carbocycles. The molecule has 6 heteroatoms. The van der Waals surface area contributed by atoms with Gasteiger partial charge in [0.2, 0.25) is 0 Å². The van der Waals surface area contributed by atoms with Crippen molar-refractivity contribution in [2.75, 3.05) is 19.7 Å². The molecule has 1 aromatic heterocycles. The van der Waals surface area contributed by atoms with Gasteiger partial charge in [0.25, 0.3) is 5.91 Å². The van der Waals surface area contributed by atoms with Crippen molar-refractivity contribution in [3.8, 4) is 11.1 Å². The van der Waals surface area contributed by atoms with Crippen LogP contribution in [0.15, 0.2) is 48.5 Å². The fourth-order valence-electron chi connectivity index (χ4n) is 3.55. The van der Waals surface area contributed by atoms with Gasteiger partial charge in [-0.3, -0.25) is 4.79 Å². The van der Waals surface area contributed by atoms with Crippen molar-refractivity contribution in [1.29, 1.82) is 0 Å². The van der Waals surface area contributed by atoms with E-state index in [9.17, 15) is 15.0 Å². The summed E-state index contributed by atoms with van der Waals surface area (Å²) in [4.78, 5) is 18.0. The van der Waals surface area contributed by atoms with E-state index >= 15 is 0 Å². The topological polar surface area (TPSA) is 76.6 Å². The highest BCUT2D eigenvalue weighted by atomic mass is 35.5. The smallest absolute Gasteiger partial charge is 0.271 e. The van der Waals surface area contributed by atoms with Gasteiger partial charge < -0.3 is 20.1 Å². The molecule has 1 amide bonds. The lowest BCUT2D eigenvalue weighted by Gasteiger charge is -2.21. The zero-order chi connectivity index (χ0) is 18.3. The Hall–Kier alpha value is -2.34. The molecule has 3 N–H and O–H groups in total. The van der Waals surface area contributed by atoms with Crippen LogP contribution in [0.5, 0.6) is 0 Å².